The first-order chi connectivity index (χ1) is 7.61. The fraction of sp³-hybridized carbons (Fsp3) is 0.917. The van der Waals surface area contributed by atoms with Gasteiger partial charge in [-0.1, -0.05) is 32.5 Å². The smallest absolute Gasteiger partial charge is 0.0870 e. The molecule has 2 N–H and O–H groups in total. The standard InChI is InChI=1S/C12H25N3S/c1-3-4-11(2)9-14-5-7-15(8-6-14)10-12(13)16/h11H,3-10H2,1-2H3,(H2,13,16). The molecule has 4 heteroatoms. The van der Waals surface area contributed by atoms with Gasteiger partial charge in [0.2, 0.25) is 0 Å². The molecule has 1 aliphatic heterocycles. The molecule has 1 fully saturated rings. The van der Waals surface area contributed by atoms with Crippen molar-refractivity contribution in [2.75, 3.05) is 39.3 Å². The summed E-state index contributed by atoms with van der Waals surface area (Å²) in [5.41, 5.74) is 5.55. The van der Waals surface area contributed by atoms with Gasteiger partial charge in [0, 0.05) is 39.3 Å². The molecular weight excluding hydrogens is 218 g/mol. The molecule has 0 aromatic heterocycles. The second-order valence-corrected chi connectivity index (χ2v) is 5.46. The third kappa shape index (κ3) is 5.23. The molecule has 1 heterocycles. The van der Waals surface area contributed by atoms with Gasteiger partial charge in [0.05, 0.1) is 4.99 Å². The van der Waals surface area contributed by atoms with Crippen molar-refractivity contribution >= 4 is 17.2 Å². The van der Waals surface area contributed by atoms with Crippen LogP contribution in [0.4, 0.5) is 0 Å². The minimum atomic E-state index is 0.618. The van der Waals surface area contributed by atoms with Crippen molar-refractivity contribution in [3.63, 3.8) is 0 Å². The van der Waals surface area contributed by atoms with Crippen LogP contribution in [0.1, 0.15) is 26.7 Å². The summed E-state index contributed by atoms with van der Waals surface area (Å²) < 4.78 is 0. The van der Waals surface area contributed by atoms with E-state index in [1.807, 2.05) is 0 Å². The molecule has 0 amide bonds. The monoisotopic (exact) mass is 243 g/mol. The van der Waals surface area contributed by atoms with Gasteiger partial charge in [-0.15, -0.1) is 0 Å². The molecule has 0 aromatic rings. The molecule has 1 aliphatic rings. The van der Waals surface area contributed by atoms with E-state index in [1.54, 1.807) is 0 Å². The second-order valence-electron chi connectivity index (χ2n) is 4.94. The fourth-order valence-electron chi connectivity index (χ4n) is 2.38. The van der Waals surface area contributed by atoms with Crippen LogP contribution < -0.4 is 5.73 Å². The first-order valence-corrected chi connectivity index (χ1v) is 6.75. The Bertz CT molecular complexity index is 212. The first-order valence-electron chi connectivity index (χ1n) is 6.34. The van der Waals surface area contributed by atoms with Crippen LogP contribution in [0.5, 0.6) is 0 Å². The van der Waals surface area contributed by atoms with E-state index in [1.165, 1.54) is 19.4 Å². The highest BCUT2D eigenvalue weighted by Crippen LogP contribution is 2.09. The van der Waals surface area contributed by atoms with Crippen molar-refractivity contribution in [1.82, 2.24) is 9.80 Å². The maximum atomic E-state index is 5.55. The molecule has 1 rings (SSSR count). The van der Waals surface area contributed by atoms with Gasteiger partial charge >= 0.3 is 0 Å². The molecule has 1 atom stereocenters. The molecule has 0 saturated carbocycles. The number of rotatable bonds is 6. The molecule has 1 unspecified atom stereocenters. The zero-order valence-electron chi connectivity index (χ0n) is 10.6. The lowest BCUT2D eigenvalue weighted by Gasteiger charge is -2.35. The Hall–Kier alpha value is -0.190. The number of hydrogen-bond donors (Lipinski definition) is 1. The Labute approximate surface area is 105 Å². The summed E-state index contributed by atoms with van der Waals surface area (Å²) in [7, 11) is 0. The van der Waals surface area contributed by atoms with Gasteiger partial charge < -0.3 is 10.6 Å². The number of thiocarbonyl (C=S) groups is 1. The highest BCUT2D eigenvalue weighted by molar-refractivity contribution is 7.80. The highest BCUT2D eigenvalue weighted by Gasteiger charge is 2.18. The Morgan fingerprint density at radius 3 is 2.31 bits per heavy atom. The molecule has 0 radical (unpaired) electrons. The summed E-state index contributed by atoms with van der Waals surface area (Å²) in [6.07, 6.45) is 2.63. The van der Waals surface area contributed by atoms with E-state index in [0.717, 1.165) is 38.6 Å². The number of nitrogens with zero attached hydrogens (tertiary/aromatic N) is 2. The predicted octanol–water partition coefficient (Wildman–Crippen LogP) is 1.33. The van der Waals surface area contributed by atoms with E-state index < -0.39 is 0 Å². The Kier molecular flexibility index (Phi) is 6.24. The largest absolute Gasteiger partial charge is 0.392 e. The van der Waals surface area contributed by atoms with E-state index in [-0.39, 0.29) is 0 Å². The summed E-state index contributed by atoms with van der Waals surface area (Å²) in [5, 5.41) is 0. The van der Waals surface area contributed by atoms with E-state index in [9.17, 15) is 0 Å². The maximum Gasteiger partial charge on any atom is 0.0870 e. The average Bonchev–Trinajstić information content (AvgIpc) is 2.20. The van der Waals surface area contributed by atoms with Crippen LogP contribution in [-0.2, 0) is 0 Å². The minimum Gasteiger partial charge on any atom is -0.392 e. The lowest BCUT2D eigenvalue weighted by Crippen LogP contribution is -2.49. The van der Waals surface area contributed by atoms with E-state index in [0.29, 0.717) is 4.99 Å². The zero-order chi connectivity index (χ0) is 12.0. The number of piperazine rings is 1. The second kappa shape index (κ2) is 7.20. The van der Waals surface area contributed by atoms with Crippen LogP contribution in [0.3, 0.4) is 0 Å². The zero-order valence-corrected chi connectivity index (χ0v) is 11.4. The van der Waals surface area contributed by atoms with Crippen molar-refractivity contribution in [2.24, 2.45) is 11.7 Å². The van der Waals surface area contributed by atoms with Crippen LogP contribution >= 0.6 is 12.2 Å². The molecule has 0 aromatic carbocycles. The van der Waals surface area contributed by atoms with Crippen LogP contribution in [0.15, 0.2) is 0 Å². The third-order valence-electron chi connectivity index (χ3n) is 3.20. The lowest BCUT2D eigenvalue weighted by molar-refractivity contribution is 0.130. The van der Waals surface area contributed by atoms with Crippen LogP contribution in [0.25, 0.3) is 0 Å². The predicted molar refractivity (Wildman–Crippen MR) is 73.7 cm³/mol. The molecule has 3 nitrogen and oxygen atoms in total. The van der Waals surface area contributed by atoms with Gasteiger partial charge in [0.1, 0.15) is 0 Å². The van der Waals surface area contributed by atoms with Crippen LogP contribution in [0, 0.1) is 5.92 Å². The van der Waals surface area contributed by atoms with Crippen molar-refractivity contribution < 1.29 is 0 Å². The molecule has 0 aliphatic carbocycles. The van der Waals surface area contributed by atoms with Crippen molar-refractivity contribution in [2.45, 2.75) is 26.7 Å². The molecule has 94 valence electrons. The Morgan fingerprint density at radius 1 is 1.25 bits per heavy atom. The summed E-state index contributed by atoms with van der Waals surface area (Å²) in [6.45, 7) is 11.2. The van der Waals surface area contributed by atoms with Crippen molar-refractivity contribution in [1.29, 1.82) is 0 Å². The number of hydrogen-bond acceptors (Lipinski definition) is 3. The molecule has 0 spiro atoms. The average molecular weight is 243 g/mol. The van der Waals surface area contributed by atoms with Crippen molar-refractivity contribution in [3.05, 3.63) is 0 Å². The molecular formula is C12H25N3S. The Balaban J connectivity index is 2.18. The summed E-state index contributed by atoms with van der Waals surface area (Å²) in [5.74, 6) is 0.826. The quantitative estimate of drug-likeness (QED) is 0.713. The van der Waals surface area contributed by atoms with E-state index in [4.69, 9.17) is 18.0 Å². The van der Waals surface area contributed by atoms with Gasteiger partial charge in [-0.25, -0.2) is 0 Å². The summed E-state index contributed by atoms with van der Waals surface area (Å²) in [6, 6.07) is 0. The normalized spacial score (nSPS) is 20.9. The van der Waals surface area contributed by atoms with Gasteiger partial charge in [-0.3, -0.25) is 4.90 Å². The Morgan fingerprint density at radius 2 is 1.81 bits per heavy atom. The molecule has 1 saturated heterocycles. The van der Waals surface area contributed by atoms with Gasteiger partial charge in [0.25, 0.3) is 0 Å². The molecule has 16 heavy (non-hydrogen) atoms. The maximum absolute atomic E-state index is 5.55. The third-order valence-corrected chi connectivity index (χ3v) is 3.32. The van der Waals surface area contributed by atoms with Gasteiger partial charge in [-0.05, 0) is 12.3 Å². The van der Waals surface area contributed by atoms with Gasteiger partial charge in [-0.2, -0.15) is 0 Å². The van der Waals surface area contributed by atoms with Crippen LogP contribution in [-0.4, -0.2) is 54.1 Å². The van der Waals surface area contributed by atoms with E-state index >= 15 is 0 Å². The fourth-order valence-corrected chi connectivity index (χ4v) is 2.56. The van der Waals surface area contributed by atoms with Crippen LogP contribution in [0.2, 0.25) is 0 Å². The lowest BCUT2D eigenvalue weighted by atomic mass is 10.1. The topological polar surface area (TPSA) is 32.5 Å². The van der Waals surface area contributed by atoms with Gasteiger partial charge in [0.15, 0.2) is 0 Å². The summed E-state index contributed by atoms with van der Waals surface area (Å²) in [4.78, 5) is 5.53. The molecule has 0 bridgehead atoms. The van der Waals surface area contributed by atoms with Crippen molar-refractivity contribution in [3.8, 4) is 0 Å². The minimum absolute atomic E-state index is 0.618. The first kappa shape index (κ1) is 13.9. The SMILES string of the molecule is CCCC(C)CN1CCN(CC(N)=S)CC1. The number of nitrogens with two attached hydrogens (primary N) is 1. The highest BCUT2D eigenvalue weighted by atomic mass is 32.1. The summed E-state index contributed by atoms with van der Waals surface area (Å²) >= 11 is 4.93. The van der Waals surface area contributed by atoms with E-state index in [2.05, 4.69) is 23.6 Å².